The van der Waals surface area contributed by atoms with Crippen molar-refractivity contribution in [3.05, 3.63) is 29.5 Å². The molecule has 1 aromatic heterocycles. The second-order valence-electron chi connectivity index (χ2n) is 5.07. The van der Waals surface area contributed by atoms with Crippen LogP contribution in [-0.4, -0.2) is 30.2 Å². The lowest BCUT2D eigenvalue weighted by molar-refractivity contribution is -0.174. The van der Waals surface area contributed by atoms with Crippen LogP contribution in [0, 0.1) is 0 Å². The Morgan fingerprint density at radius 3 is 2.81 bits per heavy atom. The Kier molecular flexibility index (Phi) is 3.07. The molecule has 3 rings (SSSR count). The summed E-state index contributed by atoms with van der Waals surface area (Å²) >= 11 is 0. The summed E-state index contributed by atoms with van der Waals surface area (Å²) in [6.07, 6.45) is -4.10. The fourth-order valence-electron chi connectivity index (χ4n) is 2.75. The lowest BCUT2D eigenvalue weighted by atomic mass is 10.1. The largest absolute Gasteiger partial charge is 0.497 e. The number of halogens is 3. The highest BCUT2D eigenvalue weighted by Crippen LogP contribution is 2.32. The highest BCUT2D eigenvalue weighted by molar-refractivity contribution is 5.87. The molecule has 0 fully saturated rings. The zero-order valence-electron chi connectivity index (χ0n) is 11.2. The third-order valence-corrected chi connectivity index (χ3v) is 3.70. The number of aromatic nitrogens is 1. The molecule has 2 aromatic rings. The first kappa shape index (κ1) is 13.8. The molecule has 1 aliphatic rings. The maximum Gasteiger partial charge on any atom is 0.471 e. The van der Waals surface area contributed by atoms with Crippen molar-refractivity contribution < 1.29 is 22.7 Å². The molecule has 0 saturated carbocycles. The Labute approximate surface area is 118 Å². The van der Waals surface area contributed by atoms with Crippen LogP contribution in [0.5, 0.6) is 5.75 Å². The minimum atomic E-state index is -4.85. The number of benzene rings is 1. The van der Waals surface area contributed by atoms with Crippen LogP contribution in [0.15, 0.2) is 18.2 Å². The summed E-state index contributed by atoms with van der Waals surface area (Å²) in [6, 6.07) is 5.00. The van der Waals surface area contributed by atoms with E-state index in [1.165, 1.54) is 0 Å². The highest BCUT2D eigenvalue weighted by atomic mass is 19.4. The van der Waals surface area contributed by atoms with Crippen molar-refractivity contribution in [1.82, 2.24) is 10.3 Å². The summed E-state index contributed by atoms with van der Waals surface area (Å²) in [5.41, 5.74) is 2.73. The van der Waals surface area contributed by atoms with Crippen molar-refractivity contribution in [3.8, 4) is 5.75 Å². The van der Waals surface area contributed by atoms with E-state index in [4.69, 9.17) is 4.74 Å². The van der Waals surface area contributed by atoms with Crippen molar-refractivity contribution in [1.29, 1.82) is 0 Å². The van der Waals surface area contributed by atoms with Gasteiger partial charge in [-0.1, -0.05) is 0 Å². The fraction of sp³-hybridized carbons (Fsp3) is 0.357. The molecule has 4 nitrogen and oxygen atoms in total. The van der Waals surface area contributed by atoms with Gasteiger partial charge in [0.2, 0.25) is 0 Å². The minimum absolute atomic E-state index is 0.369. The predicted octanol–water partition coefficient (Wildman–Crippen LogP) is 2.32. The number of methoxy groups -OCH3 is 1. The molecule has 21 heavy (non-hydrogen) atoms. The number of rotatable bonds is 2. The number of fused-ring (bicyclic) bond motifs is 3. The first-order valence-electron chi connectivity index (χ1n) is 6.43. The number of carbonyl (C=O) groups is 1. The maximum absolute atomic E-state index is 12.3. The molecule has 7 heteroatoms. The van der Waals surface area contributed by atoms with E-state index in [1.807, 2.05) is 23.5 Å². The molecule has 112 valence electrons. The second kappa shape index (κ2) is 4.68. The predicted molar refractivity (Wildman–Crippen MR) is 70.2 cm³/mol. The average molecular weight is 298 g/mol. The van der Waals surface area contributed by atoms with Gasteiger partial charge in [-0.15, -0.1) is 0 Å². The molecule has 0 spiro atoms. The molecule has 1 unspecified atom stereocenters. The molecule has 1 heterocycles. The van der Waals surface area contributed by atoms with Crippen LogP contribution in [-0.2, 0) is 17.6 Å². The Morgan fingerprint density at radius 1 is 1.38 bits per heavy atom. The SMILES string of the molecule is COc1ccc2[nH]c3c(c2c1)CC(NC(=O)C(F)(F)F)C3. The van der Waals surface area contributed by atoms with E-state index in [2.05, 4.69) is 4.98 Å². The van der Waals surface area contributed by atoms with Gasteiger partial charge in [0.1, 0.15) is 5.75 Å². The highest BCUT2D eigenvalue weighted by Gasteiger charge is 2.40. The van der Waals surface area contributed by atoms with E-state index in [0.29, 0.717) is 18.6 Å². The number of aromatic amines is 1. The summed E-state index contributed by atoms with van der Waals surface area (Å²) in [5, 5.41) is 2.95. The summed E-state index contributed by atoms with van der Waals surface area (Å²) in [6.45, 7) is 0. The first-order valence-corrected chi connectivity index (χ1v) is 6.43. The molecule has 1 aliphatic carbocycles. The normalized spacial score (nSPS) is 17.8. The van der Waals surface area contributed by atoms with E-state index < -0.39 is 18.1 Å². The van der Waals surface area contributed by atoms with Crippen LogP contribution in [0.4, 0.5) is 13.2 Å². The van der Waals surface area contributed by atoms with Crippen molar-refractivity contribution in [2.75, 3.05) is 7.11 Å². The van der Waals surface area contributed by atoms with E-state index in [9.17, 15) is 18.0 Å². The quantitative estimate of drug-likeness (QED) is 0.894. The topological polar surface area (TPSA) is 54.1 Å². The van der Waals surface area contributed by atoms with Gasteiger partial charge in [-0.25, -0.2) is 0 Å². The summed E-state index contributed by atoms with van der Waals surface area (Å²) in [4.78, 5) is 14.2. The van der Waals surface area contributed by atoms with Gasteiger partial charge in [-0.05, 0) is 30.2 Å². The van der Waals surface area contributed by atoms with Crippen LogP contribution in [0.25, 0.3) is 10.9 Å². The summed E-state index contributed by atoms with van der Waals surface area (Å²) < 4.78 is 42.0. The standard InChI is InChI=1S/C14H13F3N2O2/c1-21-8-2-3-11-10(6-8)9-4-7(5-12(9)19-11)18-13(20)14(15,16)17/h2-3,6-7,19H,4-5H2,1H3,(H,18,20). The van der Waals surface area contributed by atoms with Gasteiger partial charge in [-0.2, -0.15) is 13.2 Å². The number of ether oxygens (including phenoxy) is 1. The number of amides is 1. The third-order valence-electron chi connectivity index (χ3n) is 3.70. The van der Waals surface area contributed by atoms with Gasteiger partial charge >= 0.3 is 12.1 Å². The lowest BCUT2D eigenvalue weighted by Crippen LogP contribution is -2.43. The van der Waals surface area contributed by atoms with Gasteiger partial charge in [0.15, 0.2) is 0 Å². The van der Waals surface area contributed by atoms with E-state index in [-0.39, 0.29) is 0 Å². The number of alkyl halides is 3. The zero-order valence-corrected chi connectivity index (χ0v) is 11.2. The monoisotopic (exact) mass is 298 g/mol. The van der Waals surface area contributed by atoms with Crippen molar-refractivity contribution in [3.63, 3.8) is 0 Å². The Morgan fingerprint density at radius 2 is 2.14 bits per heavy atom. The number of carbonyl (C=O) groups excluding carboxylic acids is 1. The molecule has 0 radical (unpaired) electrons. The minimum Gasteiger partial charge on any atom is -0.497 e. The molecular formula is C14H13F3N2O2. The molecule has 2 N–H and O–H groups in total. The first-order chi connectivity index (χ1) is 9.88. The van der Waals surface area contributed by atoms with Crippen LogP contribution < -0.4 is 10.1 Å². The van der Waals surface area contributed by atoms with E-state index >= 15 is 0 Å². The molecular weight excluding hydrogens is 285 g/mol. The molecule has 0 aliphatic heterocycles. The van der Waals surface area contributed by atoms with Crippen LogP contribution in [0.1, 0.15) is 11.3 Å². The summed E-state index contributed by atoms with van der Waals surface area (Å²) in [7, 11) is 1.56. The van der Waals surface area contributed by atoms with Crippen molar-refractivity contribution in [2.45, 2.75) is 25.1 Å². The summed E-state index contributed by atoms with van der Waals surface area (Å²) in [5.74, 6) is -1.20. The van der Waals surface area contributed by atoms with Gasteiger partial charge in [0.05, 0.1) is 7.11 Å². The molecule has 1 aromatic carbocycles. The van der Waals surface area contributed by atoms with Crippen molar-refractivity contribution >= 4 is 16.8 Å². The van der Waals surface area contributed by atoms with Gasteiger partial charge in [0.25, 0.3) is 0 Å². The number of nitrogens with one attached hydrogen (secondary N) is 2. The van der Waals surface area contributed by atoms with Crippen molar-refractivity contribution in [2.24, 2.45) is 0 Å². The molecule has 0 bridgehead atoms. The van der Waals surface area contributed by atoms with Gasteiger partial charge in [0, 0.05) is 29.1 Å². The van der Waals surface area contributed by atoms with Gasteiger partial charge < -0.3 is 15.0 Å². The zero-order chi connectivity index (χ0) is 15.2. The fourth-order valence-corrected chi connectivity index (χ4v) is 2.75. The second-order valence-corrected chi connectivity index (χ2v) is 5.07. The van der Waals surface area contributed by atoms with Crippen LogP contribution in [0.2, 0.25) is 0 Å². The van der Waals surface area contributed by atoms with Crippen LogP contribution >= 0.6 is 0 Å². The smallest absolute Gasteiger partial charge is 0.471 e. The van der Waals surface area contributed by atoms with Crippen LogP contribution in [0.3, 0.4) is 0 Å². The third kappa shape index (κ3) is 2.43. The Bertz CT molecular complexity index is 706. The van der Waals surface area contributed by atoms with Gasteiger partial charge in [-0.3, -0.25) is 4.79 Å². The number of H-pyrrole nitrogens is 1. The molecule has 1 amide bonds. The lowest BCUT2D eigenvalue weighted by Gasteiger charge is -2.14. The Balaban J connectivity index is 1.83. The Hall–Kier alpha value is -2.18. The average Bonchev–Trinajstić information content (AvgIpc) is 2.94. The number of hydrogen-bond donors (Lipinski definition) is 2. The molecule has 0 saturated heterocycles. The number of hydrogen-bond acceptors (Lipinski definition) is 2. The van der Waals surface area contributed by atoms with E-state index in [1.54, 1.807) is 7.11 Å². The van der Waals surface area contributed by atoms with E-state index in [0.717, 1.165) is 22.2 Å². The maximum atomic E-state index is 12.3. The molecule has 1 atom stereocenters.